The minimum absolute atomic E-state index is 0.164. The molecular weight excluding hydrogens is 464 g/mol. The Morgan fingerprint density at radius 1 is 0.946 bits per heavy atom. The molecule has 0 atom stereocenters. The van der Waals surface area contributed by atoms with Gasteiger partial charge in [0.1, 0.15) is 6.61 Å². The third kappa shape index (κ3) is 4.81. The summed E-state index contributed by atoms with van der Waals surface area (Å²) in [7, 11) is 1.55. The minimum Gasteiger partial charge on any atom is -0.493 e. The molecule has 5 aromatic rings. The molecule has 0 spiro atoms. The molecule has 0 aliphatic heterocycles. The number of nitriles is 1. The molecule has 0 fully saturated rings. The van der Waals surface area contributed by atoms with Crippen LogP contribution in [0.2, 0.25) is 0 Å². The Balaban J connectivity index is 1.59. The Kier molecular flexibility index (Phi) is 6.73. The average Bonchev–Trinajstić information content (AvgIpc) is 2.96. The van der Waals surface area contributed by atoms with Crippen LogP contribution in [0.3, 0.4) is 0 Å². The zero-order valence-corrected chi connectivity index (χ0v) is 20.0. The number of benzene rings is 4. The summed E-state index contributed by atoms with van der Waals surface area (Å²) in [5, 5.41) is 14.4. The van der Waals surface area contributed by atoms with Crippen molar-refractivity contribution in [3.8, 4) is 29.0 Å². The van der Waals surface area contributed by atoms with Gasteiger partial charge in [-0.2, -0.15) is 15.0 Å². The molecule has 4 aromatic carbocycles. The van der Waals surface area contributed by atoms with Crippen molar-refractivity contribution in [2.45, 2.75) is 6.61 Å². The van der Waals surface area contributed by atoms with Crippen LogP contribution in [0.5, 0.6) is 11.5 Å². The molecule has 0 amide bonds. The third-order valence-corrected chi connectivity index (χ3v) is 5.84. The van der Waals surface area contributed by atoms with Gasteiger partial charge >= 0.3 is 0 Å². The number of para-hydroxylation sites is 2. The first-order valence-corrected chi connectivity index (χ1v) is 11.6. The van der Waals surface area contributed by atoms with Gasteiger partial charge in [0.05, 0.1) is 35.9 Å². The van der Waals surface area contributed by atoms with Crippen molar-refractivity contribution in [1.29, 1.82) is 5.26 Å². The highest BCUT2D eigenvalue weighted by atomic mass is 16.5. The quantitative estimate of drug-likeness (QED) is 0.287. The van der Waals surface area contributed by atoms with E-state index in [1.807, 2.05) is 72.8 Å². The van der Waals surface area contributed by atoms with Crippen molar-refractivity contribution in [1.82, 2.24) is 9.66 Å². The van der Waals surface area contributed by atoms with E-state index in [1.165, 1.54) is 4.68 Å². The second-order valence-corrected chi connectivity index (χ2v) is 8.12. The number of nitrogens with zero attached hydrogens (tertiary/aromatic N) is 4. The van der Waals surface area contributed by atoms with E-state index in [4.69, 9.17) is 14.5 Å². The van der Waals surface area contributed by atoms with E-state index in [-0.39, 0.29) is 12.2 Å². The van der Waals surface area contributed by atoms with Gasteiger partial charge in [-0.1, -0.05) is 66.7 Å². The summed E-state index contributed by atoms with van der Waals surface area (Å²) in [6.45, 7) is 0.164. The predicted molar refractivity (Wildman–Crippen MR) is 143 cm³/mol. The molecule has 0 aliphatic rings. The first-order chi connectivity index (χ1) is 18.2. The maximum atomic E-state index is 13.5. The van der Waals surface area contributed by atoms with Gasteiger partial charge in [-0.15, -0.1) is 0 Å². The van der Waals surface area contributed by atoms with Gasteiger partial charge in [0, 0.05) is 16.7 Å². The fourth-order valence-corrected chi connectivity index (χ4v) is 3.98. The molecule has 0 saturated heterocycles. The van der Waals surface area contributed by atoms with E-state index in [1.54, 1.807) is 37.6 Å². The van der Waals surface area contributed by atoms with Gasteiger partial charge in [-0.25, -0.2) is 4.98 Å². The van der Waals surface area contributed by atoms with Gasteiger partial charge in [-0.3, -0.25) is 4.79 Å². The molecule has 0 radical (unpaired) electrons. The van der Waals surface area contributed by atoms with Gasteiger partial charge < -0.3 is 9.47 Å². The summed E-state index contributed by atoms with van der Waals surface area (Å²) in [5.41, 5.74) is 2.97. The molecule has 0 bridgehead atoms. The van der Waals surface area contributed by atoms with Crippen LogP contribution < -0.4 is 15.0 Å². The fraction of sp³-hybridized carbons (Fsp3) is 0.0667. The maximum Gasteiger partial charge on any atom is 0.282 e. The van der Waals surface area contributed by atoms with E-state index in [2.05, 4.69) is 11.2 Å². The predicted octanol–water partition coefficient (Wildman–Crippen LogP) is 5.40. The van der Waals surface area contributed by atoms with Gasteiger partial charge in [0.25, 0.3) is 5.56 Å². The van der Waals surface area contributed by atoms with Crippen LogP contribution in [-0.2, 0) is 6.61 Å². The molecule has 5 rings (SSSR count). The van der Waals surface area contributed by atoms with Gasteiger partial charge in [-0.05, 0) is 30.3 Å². The summed E-state index contributed by atoms with van der Waals surface area (Å²) < 4.78 is 12.9. The van der Waals surface area contributed by atoms with E-state index >= 15 is 0 Å². The number of hydrogen-bond donors (Lipinski definition) is 0. The molecule has 180 valence electrons. The summed E-state index contributed by atoms with van der Waals surface area (Å²) in [6, 6.07) is 31.5. The van der Waals surface area contributed by atoms with Crippen molar-refractivity contribution in [3.63, 3.8) is 0 Å². The SMILES string of the molecule is COc1cccc(C=Nn2c(-c3ccccc3)nc3ccccc3c2=O)c1OCc1ccccc1C#N. The van der Waals surface area contributed by atoms with E-state index < -0.39 is 0 Å². The zero-order chi connectivity index (χ0) is 25.6. The van der Waals surface area contributed by atoms with Crippen molar-refractivity contribution >= 4 is 17.1 Å². The molecular formula is C30H22N4O3. The Morgan fingerprint density at radius 3 is 2.51 bits per heavy atom. The number of methoxy groups -OCH3 is 1. The lowest BCUT2D eigenvalue weighted by Crippen LogP contribution is -2.20. The molecule has 0 N–H and O–H groups in total. The largest absolute Gasteiger partial charge is 0.493 e. The van der Waals surface area contributed by atoms with Crippen LogP contribution in [0, 0.1) is 11.3 Å². The Bertz CT molecular complexity index is 1700. The van der Waals surface area contributed by atoms with Crippen molar-refractivity contribution in [2.24, 2.45) is 5.10 Å². The van der Waals surface area contributed by atoms with Crippen molar-refractivity contribution in [3.05, 3.63) is 124 Å². The third-order valence-electron chi connectivity index (χ3n) is 5.84. The Morgan fingerprint density at radius 2 is 1.70 bits per heavy atom. The molecule has 7 heteroatoms. The smallest absolute Gasteiger partial charge is 0.282 e. The highest BCUT2D eigenvalue weighted by Crippen LogP contribution is 2.31. The summed E-state index contributed by atoms with van der Waals surface area (Å²) >= 11 is 0. The normalized spacial score (nSPS) is 10.9. The van der Waals surface area contributed by atoms with Crippen LogP contribution >= 0.6 is 0 Å². The number of aromatic nitrogens is 2. The molecule has 1 heterocycles. The first-order valence-electron chi connectivity index (χ1n) is 11.6. The Hall–Kier alpha value is -5.22. The monoisotopic (exact) mass is 486 g/mol. The van der Waals surface area contributed by atoms with Crippen molar-refractivity contribution in [2.75, 3.05) is 7.11 Å². The first kappa shape index (κ1) is 23.5. The number of fused-ring (bicyclic) bond motifs is 1. The number of rotatable bonds is 7. The van der Waals surface area contributed by atoms with Crippen molar-refractivity contribution < 1.29 is 9.47 Å². The lowest BCUT2D eigenvalue weighted by Gasteiger charge is -2.14. The molecule has 0 unspecified atom stereocenters. The van der Waals surface area contributed by atoms with Crippen LogP contribution in [0.25, 0.3) is 22.3 Å². The lowest BCUT2D eigenvalue weighted by atomic mass is 10.1. The highest BCUT2D eigenvalue weighted by molar-refractivity contribution is 5.86. The summed E-state index contributed by atoms with van der Waals surface area (Å²) in [5.74, 6) is 1.38. The molecule has 7 nitrogen and oxygen atoms in total. The van der Waals surface area contributed by atoms with Gasteiger partial charge in [0.2, 0.25) is 0 Å². The zero-order valence-electron chi connectivity index (χ0n) is 20.0. The standard InChI is InChI=1S/C30H22N4O3/c1-36-27-17-9-14-23(28(27)37-20-24-13-6-5-12-22(24)18-31)19-32-34-29(21-10-3-2-4-11-21)33-26-16-8-7-15-25(26)30(34)35/h2-17,19H,20H2,1H3. The van der Waals surface area contributed by atoms with Crippen LogP contribution in [-0.4, -0.2) is 23.0 Å². The van der Waals surface area contributed by atoms with Crippen LogP contribution in [0.4, 0.5) is 0 Å². The Labute approximate surface area is 213 Å². The number of ether oxygens (including phenoxy) is 2. The highest BCUT2D eigenvalue weighted by Gasteiger charge is 2.14. The summed E-state index contributed by atoms with van der Waals surface area (Å²) in [4.78, 5) is 18.2. The molecule has 0 aliphatic carbocycles. The second-order valence-electron chi connectivity index (χ2n) is 8.12. The van der Waals surface area contributed by atoms with Gasteiger partial charge in [0.15, 0.2) is 17.3 Å². The lowest BCUT2D eigenvalue weighted by molar-refractivity contribution is 0.284. The second kappa shape index (κ2) is 10.6. The topological polar surface area (TPSA) is 89.5 Å². The van der Waals surface area contributed by atoms with Crippen LogP contribution in [0.1, 0.15) is 16.7 Å². The van der Waals surface area contributed by atoms with E-state index in [9.17, 15) is 10.1 Å². The molecule has 37 heavy (non-hydrogen) atoms. The maximum absolute atomic E-state index is 13.5. The van der Waals surface area contributed by atoms with E-state index in [0.717, 1.165) is 11.1 Å². The summed E-state index contributed by atoms with van der Waals surface area (Å²) in [6.07, 6.45) is 1.55. The van der Waals surface area contributed by atoms with E-state index in [0.29, 0.717) is 39.4 Å². The average molecular weight is 487 g/mol. The minimum atomic E-state index is -0.283. The number of hydrogen-bond acceptors (Lipinski definition) is 6. The fourth-order valence-electron chi connectivity index (χ4n) is 3.98. The molecule has 0 saturated carbocycles. The molecule has 1 aromatic heterocycles. The van der Waals surface area contributed by atoms with Crippen LogP contribution in [0.15, 0.2) is 107 Å².